The predicted octanol–water partition coefficient (Wildman–Crippen LogP) is 5.61. The van der Waals surface area contributed by atoms with Crippen molar-refractivity contribution in [3.63, 3.8) is 0 Å². The summed E-state index contributed by atoms with van der Waals surface area (Å²) in [6.45, 7) is 5.51. The quantitative estimate of drug-likeness (QED) is 0.198. The minimum atomic E-state index is -4.11. The lowest BCUT2D eigenvalue weighted by Gasteiger charge is -2.32. The molecule has 0 aromatic heterocycles. The second-order valence-corrected chi connectivity index (χ2v) is 11.3. The molecule has 0 saturated heterocycles. The van der Waals surface area contributed by atoms with Crippen molar-refractivity contribution in [2.45, 2.75) is 38.3 Å². The molecule has 4 rings (SSSR count). The van der Waals surface area contributed by atoms with E-state index >= 15 is 0 Å². The number of amides is 1. The van der Waals surface area contributed by atoms with Crippen molar-refractivity contribution < 1.29 is 18.4 Å². The van der Waals surface area contributed by atoms with Crippen LogP contribution in [0.15, 0.2) is 95.9 Å². The molecule has 0 bridgehead atoms. The van der Waals surface area contributed by atoms with Gasteiger partial charge in [-0.2, -0.15) is 4.31 Å². The van der Waals surface area contributed by atoms with Gasteiger partial charge in [0.25, 0.3) is 5.91 Å². The molecule has 3 N–H and O–H groups in total. The Bertz CT molecular complexity index is 1490. The molecule has 0 aliphatic carbocycles. The summed E-state index contributed by atoms with van der Waals surface area (Å²) in [5.74, 6) is -1.16. The molecule has 0 heterocycles. The Morgan fingerprint density at radius 3 is 2.14 bits per heavy atom. The van der Waals surface area contributed by atoms with E-state index < -0.39 is 22.0 Å². The number of carbonyl (C=O) groups excluding carboxylic acids is 1. The van der Waals surface area contributed by atoms with Crippen LogP contribution in [0.4, 0.5) is 11.4 Å². The van der Waals surface area contributed by atoms with Crippen LogP contribution >= 0.6 is 0 Å². The van der Waals surface area contributed by atoms with Crippen LogP contribution < -0.4 is 10.8 Å². The Hall–Kier alpha value is -3.72. The van der Waals surface area contributed by atoms with Crippen LogP contribution in [0.1, 0.15) is 25.0 Å². The molecule has 1 unspecified atom stereocenters. The summed E-state index contributed by atoms with van der Waals surface area (Å²) < 4.78 is 29.0. The average Bonchev–Trinajstić information content (AvgIpc) is 2.89. The van der Waals surface area contributed by atoms with E-state index in [1.807, 2.05) is 67.6 Å². The summed E-state index contributed by atoms with van der Waals surface area (Å²) in [6.07, 6.45) is 0. The van der Waals surface area contributed by atoms with Crippen molar-refractivity contribution >= 4 is 38.1 Å². The van der Waals surface area contributed by atoms with E-state index in [9.17, 15) is 18.4 Å². The average molecular weight is 518 g/mol. The van der Waals surface area contributed by atoms with Gasteiger partial charge < -0.3 is 5.32 Å². The Kier molecular flexibility index (Phi) is 7.92. The minimum Gasteiger partial charge on any atom is -0.356 e. The maximum absolute atomic E-state index is 13.9. The van der Waals surface area contributed by atoms with Crippen LogP contribution in [0.5, 0.6) is 0 Å². The van der Waals surface area contributed by atoms with E-state index in [-0.39, 0.29) is 17.4 Å². The van der Waals surface area contributed by atoms with Gasteiger partial charge in [0.15, 0.2) is 0 Å². The number of benzene rings is 4. The van der Waals surface area contributed by atoms with E-state index in [2.05, 4.69) is 5.32 Å². The highest BCUT2D eigenvalue weighted by molar-refractivity contribution is 7.89. The van der Waals surface area contributed by atoms with Crippen molar-refractivity contribution in [2.75, 3.05) is 5.32 Å². The maximum atomic E-state index is 13.9. The Morgan fingerprint density at radius 2 is 1.49 bits per heavy atom. The number of fused-ring (bicyclic) bond motifs is 1. The number of aryl methyl sites for hydroxylation is 1. The third-order valence-corrected chi connectivity index (χ3v) is 8.08. The van der Waals surface area contributed by atoms with E-state index in [0.717, 1.165) is 32.0 Å². The number of sulfonamides is 1. The smallest absolute Gasteiger partial charge is 0.262 e. The number of hydroxylamine groups is 1. The number of hydrogen-bond acceptors (Lipinski definition) is 5. The fourth-order valence-electron chi connectivity index (χ4n) is 4.33. The van der Waals surface area contributed by atoms with Gasteiger partial charge in [0, 0.05) is 17.9 Å². The fraction of sp³-hybridized carbons (Fsp3) is 0.207. The van der Waals surface area contributed by atoms with Crippen molar-refractivity contribution in [1.29, 1.82) is 0 Å². The van der Waals surface area contributed by atoms with Gasteiger partial charge in [-0.25, -0.2) is 13.9 Å². The highest BCUT2D eigenvalue weighted by atomic mass is 32.2. The monoisotopic (exact) mass is 517 g/mol. The largest absolute Gasteiger partial charge is 0.356 e. The lowest BCUT2D eigenvalue weighted by molar-refractivity contribution is -0.134. The zero-order chi connectivity index (χ0) is 26.6. The number of nitrogens with one attached hydrogen (secondary N) is 2. The van der Waals surface area contributed by atoms with Crippen LogP contribution in [0, 0.1) is 12.8 Å². The molecule has 1 amide bonds. The molecule has 0 aliphatic heterocycles. The molecule has 37 heavy (non-hydrogen) atoms. The molecule has 4 aromatic carbocycles. The number of nitrogens with zero attached hydrogens (tertiary/aromatic N) is 1. The molecule has 7 nitrogen and oxygen atoms in total. The zero-order valence-corrected chi connectivity index (χ0v) is 21.9. The lowest BCUT2D eigenvalue weighted by Crippen LogP contribution is -2.51. The van der Waals surface area contributed by atoms with Gasteiger partial charge >= 0.3 is 0 Å². The second-order valence-electron chi connectivity index (χ2n) is 9.42. The number of rotatable bonds is 9. The van der Waals surface area contributed by atoms with Crippen LogP contribution in [0.3, 0.4) is 0 Å². The first-order chi connectivity index (χ1) is 17.7. The number of anilines is 2. The fourth-order valence-corrected chi connectivity index (χ4v) is 6.07. The van der Waals surface area contributed by atoms with E-state index in [1.54, 1.807) is 49.7 Å². The first-order valence-corrected chi connectivity index (χ1v) is 13.5. The zero-order valence-electron chi connectivity index (χ0n) is 21.0. The van der Waals surface area contributed by atoms with E-state index in [0.29, 0.717) is 0 Å². The molecule has 0 saturated carbocycles. The summed E-state index contributed by atoms with van der Waals surface area (Å²) in [5, 5.41) is 14.4. The molecule has 192 valence electrons. The topological polar surface area (TPSA) is 98.7 Å². The molecule has 0 fully saturated rings. The summed E-state index contributed by atoms with van der Waals surface area (Å²) in [7, 11) is -4.11. The Labute approximate surface area is 217 Å². The van der Waals surface area contributed by atoms with Gasteiger partial charge in [-0.05, 0) is 65.6 Å². The highest BCUT2D eigenvalue weighted by Crippen LogP contribution is 2.29. The van der Waals surface area contributed by atoms with Crippen LogP contribution in [0.25, 0.3) is 10.8 Å². The molecular formula is C29H31N3O4S. The minimum absolute atomic E-state index is 0.0170. The first kappa shape index (κ1) is 26.3. The highest BCUT2D eigenvalue weighted by Gasteiger charge is 2.38. The van der Waals surface area contributed by atoms with Crippen molar-refractivity contribution in [1.82, 2.24) is 9.79 Å². The normalized spacial score (nSPS) is 12.6. The molecule has 4 aromatic rings. The SMILES string of the molecule is Cc1ccc(Nc2ccc3cc(S(=O)(=O)N(Cc4ccccc4)C(C(=O)NO)C(C)C)ccc3c2)cc1. The van der Waals surface area contributed by atoms with Gasteiger partial charge in [0.2, 0.25) is 10.0 Å². The Morgan fingerprint density at radius 1 is 0.865 bits per heavy atom. The van der Waals surface area contributed by atoms with E-state index in [4.69, 9.17) is 0 Å². The summed E-state index contributed by atoms with van der Waals surface area (Å²) >= 11 is 0. The molecule has 0 aliphatic rings. The molecule has 8 heteroatoms. The lowest BCUT2D eigenvalue weighted by atomic mass is 10.0. The molecular weight excluding hydrogens is 486 g/mol. The Balaban J connectivity index is 1.70. The standard InChI is InChI=1S/C29H31N3O4S/c1-20(2)28(29(33)31-34)32(19-22-7-5-4-6-8-22)37(35,36)27-16-12-23-17-26(15-11-24(23)18-27)30-25-13-9-21(3)10-14-25/h4-18,20,28,30,34H,19H2,1-3H3,(H,31,33). The summed E-state index contributed by atoms with van der Waals surface area (Å²) in [6, 6.07) is 26.7. The van der Waals surface area contributed by atoms with Gasteiger partial charge in [-0.3, -0.25) is 10.0 Å². The van der Waals surface area contributed by atoms with Gasteiger partial charge in [-0.1, -0.05) is 74.0 Å². The molecule has 0 radical (unpaired) electrons. The summed E-state index contributed by atoms with van der Waals surface area (Å²) in [5.41, 5.74) is 5.40. The van der Waals surface area contributed by atoms with Gasteiger partial charge in [-0.15, -0.1) is 0 Å². The first-order valence-electron chi connectivity index (χ1n) is 12.1. The molecule has 1 atom stereocenters. The number of hydrogen-bond donors (Lipinski definition) is 3. The van der Waals surface area contributed by atoms with Crippen LogP contribution in [-0.2, 0) is 21.4 Å². The molecule has 0 spiro atoms. The van der Waals surface area contributed by atoms with E-state index in [1.165, 1.54) is 5.56 Å². The van der Waals surface area contributed by atoms with Crippen molar-refractivity contribution in [2.24, 2.45) is 5.92 Å². The van der Waals surface area contributed by atoms with Crippen molar-refractivity contribution in [3.8, 4) is 0 Å². The predicted molar refractivity (Wildman–Crippen MR) is 146 cm³/mol. The third kappa shape index (κ3) is 5.99. The van der Waals surface area contributed by atoms with Gasteiger partial charge in [0.1, 0.15) is 6.04 Å². The second kappa shape index (κ2) is 11.1. The third-order valence-electron chi connectivity index (χ3n) is 6.26. The van der Waals surface area contributed by atoms with Gasteiger partial charge in [0.05, 0.1) is 4.90 Å². The van der Waals surface area contributed by atoms with Crippen LogP contribution in [0.2, 0.25) is 0 Å². The van der Waals surface area contributed by atoms with Crippen LogP contribution in [-0.4, -0.2) is 29.9 Å². The maximum Gasteiger partial charge on any atom is 0.262 e. The summed E-state index contributed by atoms with van der Waals surface area (Å²) in [4.78, 5) is 12.7. The number of carbonyl (C=O) groups is 1. The van der Waals surface area contributed by atoms with Crippen molar-refractivity contribution in [3.05, 3.63) is 102 Å².